The number of nitriles is 1. The molecule has 6 heteroatoms. The SMILES string of the molecule is CC(C)COc1ccc(C(=O)OCC(=O)Nc2ccc(C#N)cc2)cc1. The summed E-state index contributed by atoms with van der Waals surface area (Å²) in [7, 11) is 0. The molecule has 0 aliphatic carbocycles. The van der Waals surface area contributed by atoms with Crippen LogP contribution in [-0.2, 0) is 9.53 Å². The van der Waals surface area contributed by atoms with E-state index in [1.165, 1.54) is 0 Å². The van der Waals surface area contributed by atoms with Gasteiger partial charge in [0.25, 0.3) is 5.91 Å². The van der Waals surface area contributed by atoms with E-state index in [9.17, 15) is 9.59 Å². The number of anilines is 1. The van der Waals surface area contributed by atoms with Gasteiger partial charge in [0.2, 0.25) is 0 Å². The van der Waals surface area contributed by atoms with Crippen molar-refractivity contribution in [2.24, 2.45) is 5.92 Å². The van der Waals surface area contributed by atoms with E-state index in [1.807, 2.05) is 6.07 Å². The highest BCUT2D eigenvalue weighted by atomic mass is 16.5. The van der Waals surface area contributed by atoms with E-state index in [1.54, 1.807) is 48.5 Å². The number of benzene rings is 2. The van der Waals surface area contributed by atoms with E-state index in [4.69, 9.17) is 14.7 Å². The predicted octanol–water partition coefficient (Wildman–Crippen LogP) is 3.39. The molecular weight excluding hydrogens is 332 g/mol. The van der Waals surface area contributed by atoms with Crippen LogP contribution in [-0.4, -0.2) is 25.1 Å². The number of nitrogens with zero attached hydrogens (tertiary/aromatic N) is 1. The molecule has 6 nitrogen and oxygen atoms in total. The number of hydrogen-bond donors (Lipinski definition) is 1. The van der Waals surface area contributed by atoms with Crippen LogP contribution in [0.3, 0.4) is 0 Å². The third-order valence-corrected chi connectivity index (χ3v) is 3.31. The Labute approximate surface area is 152 Å². The molecule has 2 rings (SSSR count). The molecule has 0 heterocycles. The van der Waals surface area contributed by atoms with Gasteiger partial charge in [0, 0.05) is 5.69 Å². The second-order valence-corrected chi connectivity index (χ2v) is 6.04. The fourth-order valence-corrected chi connectivity index (χ4v) is 1.99. The van der Waals surface area contributed by atoms with Gasteiger partial charge in [0.05, 0.1) is 23.8 Å². The Balaban J connectivity index is 1.81. The molecule has 2 aromatic carbocycles. The van der Waals surface area contributed by atoms with E-state index >= 15 is 0 Å². The number of rotatable bonds is 7. The van der Waals surface area contributed by atoms with Crippen LogP contribution in [0.25, 0.3) is 0 Å². The molecule has 0 saturated heterocycles. The van der Waals surface area contributed by atoms with E-state index in [0.717, 1.165) is 0 Å². The molecule has 0 spiro atoms. The summed E-state index contributed by atoms with van der Waals surface area (Å²) in [5.41, 5.74) is 1.36. The maximum absolute atomic E-state index is 12.0. The molecule has 2 aromatic rings. The summed E-state index contributed by atoms with van der Waals surface area (Å²) in [5.74, 6) is 0.0402. The van der Waals surface area contributed by atoms with Crippen LogP contribution in [0.5, 0.6) is 5.75 Å². The molecule has 0 aliphatic rings. The Morgan fingerprint density at radius 3 is 2.31 bits per heavy atom. The minimum atomic E-state index is -0.588. The highest BCUT2D eigenvalue weighted by Gasteiger charge is 2.11. The summed E-state index contributed by atoms with van der Waals surface area (Å²) in [6.45, 7) is 4.30. The maximum atomic E-state index is 12.0. The van der Waals surface area contributed by atoms with Gasteiger partial charge >= 0.3 is 5.97 Å². The van der Waals surface area contributed by atoms with Crippen molar-refractivity contribution in [2.45, 2.75) is 13.8 Å². The number of carbonyl (C=O) groups excluding carboxylic acids is 2. The Hall–Kier alpha value is -3.33. The number of hydrogen-bond acceptors (Lipinski definition) is 5. The smallest absolute Gasteiger partial charge is 0.338 e. The summed E-state index contributed by atoms with van der Waals surface area (Å²) in [6, 6.07) is 14.9. The van der Waals surface area contributed by atoms with Gasteiger partial charge in [-0.2, -0.15) is 5.26 Å². The van der Waals surface area contributed by atoms with Crippen LogP contribution in [0.2, 0.25) is 0 Å². The van der Waals surface area contributed by atoms with Gasteiger partial charge in [-0.15, -0.1) is 0 Å². The van der Waals surface area contributed by atoms with Gasteiger partial charge in [-0.1, -0.05) is 13.8 Å². The zero-order valence-corrected chi connectivity index (χ0v) is 14.7. The molecule has 0 fully saturated rings. The minimum absolute atomic E-state index is 0.341. The summed E-state index contributed by atoms with van der Waals surface area (Å²) in [6.07, 6.45) is 0. The summed E-state index contributed by atoms with van der Waals surface area (Å²) < 4.78 is 10.5. The lowest BCUT2D eigenvalue weighted by Crippen LogP contribution is -2.20. The van der Waals surface area contributed by atoms with Crippen LogP contribution in [0.4, 0.5) is 5.69 Å². The number of esters is 1. The van der Waals surface area contributed by atoms with Gasteiger partial charge in [0.15, 0.2) is 6.61 Å². The van der Waals surface area contributed by atoms with Gasteiger partial charge in [-0.05, 0) is 54.4 Å². The van der Waals surface area contributed by atoms with Gasteiger partial charge < -0.3 is 14.8 Å². The topological polar surface area (TPSA) is 88.4 Å². The Bertz CT molecular complexity index is 790. The standard InChI is InChI=1S/C20H20N2O4/c1-14(2)12-25-18-9-5-16(6-10-18)20(24)26-13-19(23)22-17-7-3-15(11-21)4-8-17/h3-10,14H,12-13H2,1-2H3,(H,22,23). The molecule has 0 saturated carbocycles. The zero-order chi connectivity index (χ0) is 18.9. The second kappa shape index (κ2) is 9.23. The van der Waals surface area contributed by atoms with Crippen LogP contribution in [0.15, 0.2) is 48.5 Å². The average Bonchev–Trinajstić information content (AvgIpc) is 2.65. The first-order valence-corrected chi connectivity index (χ1v) is 8.18. The molecule has 0 bridgehead atoms. The molecule has 26 heavy (non-hydrogen) atoms. The van der Waals surface area contributed by atoms with E-state index in [2.05, 4.69) is 19.2 Å². The average molecular weight is 352 g/mol. The third-order valence-electron chi connectivity index (χ3n) is 3.31. The van der Waals surface area contributed by atoms with Crippen molar-refractivity contribution in [3.05, 3.63) is 59.7 Å². The molecule has 1 amide bonds. The largest absolute Gasteiger partial charge is 0.493 e. The molecule has 0 aromatic heterocycles. The quantitative estimate of drug-likeness (QED) is 0.772. The van der Waals surface area contributed by atoms with Crippen molar-refractivity contribution >= 4 is 17.6 Å². The number of ether oxygens (including phenoxy) is 2. The van der Waals surface area contributed by atoms with E-state index < -0.39 is 18.5 Å². The van der Waals surface area contributed by atoms with E-state index in [0.29, 0.717) is 35.1 Å². The Morgan fingerprint density at radius 2 is 1.73 bits per heavy atom. The molecule has 1 N–H and O–H groups in total. The normalized spacial score (nSPS) is 10.1. The molecule has 0 unspecified atom stereocenters. The Kier molecular flexibility index (Phi) is 6.75. The predicted molar refractivity (Wildman–Crippen MR) is 96.8 cm³/mol. The summed E-state index contributed by atoms with van der Waals surface area (Å²) in [5, 5.41) is 11.3. The van der Waals surface area contributed by atoms with Crippen LogP contribution in [0, 0.1) is 17.2 Å². The van der Waals surface area contributed by atoms with Gasteiger partial charge in [-0.3, -0.25) is 4.79 Å². The molecule has 0 aliphatic heterocycles. The van der Waals surface area contributed by atoms with Crippen molar-refractivity contribution in [2.75, 3.05) is 18.5 Å². The van der Waals surface area contributed by atoms with Gasteiger partial charge in [0.1, 0.15) is 5.75 Å². The number of carbonyl (C=O) groups is 2. The fraction of sp³-hybridized carbons (Fsp3) is 0.250. The lowest BCUT2D eigenvalue weighted by Gasteiger charge is -2.09. The monoisotopic (exact) mass is 352 g/mol. The molecule has 0 atom stereocenters. The summed E-state index contributed by atoms with van der Waals surface area (Å²) >= 11 is 0. The van der Waals surface area contributed by atoms with Gasteiger partial charge in [-0.25, -0.2) is 4.79 Å². The van der Waals surface area contributed by atoms with E-state index in [-0.39, 0.29) is 0 Å². The second-order valence-electron chi connectivity index (χ2n) is 6.04. The first-order valence-electron chi connectivity index (χ1n) is 8.18. The zero-order valence-electron chi connectivity index (χ0n) is 14.7. The third kappa shape index (κ3) is 5.95. The highest BCUT2D eigenvalue weighted by Crippen LogP contribution is 2.14. The fourth-order valence-electron chi connectivity index (χ4n) is 1.99. The molecule has 0 radical (unpaired) electrons. The van der Waals surface area contributed by atoms with Crippen molar-refractivity contribution in [1.29, 1.82) is 5.26 Å². The van der Waals surface area contributed by atoms with Crippen LogP contribution >= 0.6 is 0 Å². The van der Waals surface area contributed by atoms with Crippen molar-refractivity contribution in [3.8, 4) is 11.8 Å². The summed E-state index contributed by atoms with van der Waals surface area (Å²) in [4.78, 5) is 23.8. The van der Waals surface area contributed by atoms with Crippen molar-refractivity contribution in [3.63, 3.8) is 0 Å². The Morgan fingerprint density at radius 1 is 1.08 bits per heavy atom. The van der Waals surface area contributed by atoms with Crippen LogP contribution in [0.1, 0.15) is 29.8 Å². The van der Waals surface area contributed by atoms with Crippen molar-refractivity contribution < 1.29 is 19.1 Å². The highest BCUT2D eigenvalue weighted by molar-refractivity contribution is 5.95. The lowest BCUT2D eigenvalue weighted by atomic mass is 10.2. The number of amides is 1. The lowest BCUT2D eigenvalue weighted by molar-refractivity contribution is -0.119. The first kappa shape index (κ1) is 19.0. The maximum Gasteiger partial charge on any atom is 0.338 e. The van der Waals surface area contributed by atoms with Crippen molar-refractivity contribution in [1.82, 2.24) is 0 Å². The molecular formula is C20H20N2O4. The number of nitrogens with one attached hydrogen (secondary N) is 1. The van der Waals surface area contributed by atoms with Crippen LogP contribution < -0.4 is 10.1 Å². The minimum Gasteiger partial charge on any atom is -0.493 e. The first-order chi connectivity index (χ1) is 12.5. The molecule has 134 valence electrons.